The van der Waals surface area contributed by atoms with Gasteiger partial charge in [0, 0.05) is 6.08 Å². The SMILES string of the molecule is CCCCCCCCCCCC=CC=CC=CC=CC(=O)OC(CO)CO. The molecule has 4 nitrogen and oxygen atoms in total. The van der Waals surface area contributed by atoms with Gasteiger partial charge < -0.3 is 14.9 Å². The average Bonchev–Trinajstić information content (AvgIpc) is 2.68. The number of hydrogen-bond donors (Lipinski definition) is 2. The molecule has 0 fully saturated rings. The summed E-state index contributed by atoms with van der Waals surface area (Å²) in [6.07, 6.45) is 26.9. The van der Waals surface area contributed by atoms with Gasteiger partial charge in [0.2, 0.25) is 0 Å². The molecule has 4 heteroatoms. The molecule has 27 heavy (non-hydrogen) atoms. The van der Waals surface area contributed by atoms with E-state index in [1.54, 1.807) is 12.2 Å². The Morgan fingerprint density at radius 3 is 1.89 bits per heavy atom. The summed E-state index contributed by atoms with van der Waals surface area (Å²) in [4.78, 5) is 11.3. The first-order chi connectivity index (χ1) is 13.2. The van der Waals surface area contributed by atoms with Crippen molar-refractivity contribution in [1.82, 2.24) is 0 Å². The predicted octanol–water partition coefficient (Wildman–Crippen LogP) is 5.03. The van der Waals surface area contributed by atoms with Crippen LogP contribution in [0.4, 0.5) is 0 Å². The molecule has 0 aliphatic heterocycles. The fourth-order valence-corrected chi connectivity index (χ4v) is 2.47. The maximum atomic E-state index is 11.3. The topological polar surface area (TPSA) is 66.8 Å². The highest BCUT2D eigenvalue weighted by molar-refractivity contribution is 5.82. The second-order valence-electron chi connectivity index (χ2n) is 6.60. The summed E-state index contributed by atoms with van der Waals surface area (Å²) in [6, 6.07) is 0. The highest BCUT2D eigenvalue weighted by Crippen LogP contribution is 2.10. The van der Waals surface area contributed by atoms with Crippen LogP contribution in [0.3, 0.4) is 0 Å². The number of carbonyl (C=O) groups is 1. The normalized spacial score (nSPS) is 12.4. The third-order valence-corrected chi connectivity index (χ3v) is 4.09. The number of esters is 1. The molecule has 0 amide bonds. The average molecular weight is 379 g/mol. The largest absolute Gasteiger partial charge is 0.454 e. The van der Waals surface area contributed by atoms with Crippen molar-refractivity contribution in [3.05, 3.63) is 48.6 Å². The van der Waals surface area contributed by atoms with E-state index in [1.165, 1.54) is 63.9 Å². The molecule has 0 aromatic carbocycles. The van der Waals surface area contributed by atoms with Crippen molar-refractivity contribution in [3.8, 4) is 0 Å². The third-order valence-electron chi connectivity index (χ3n) is 4.09. The van der Waals surface area contributed by atoms with Crippen LogP contribution in [-0.2, 0) is 9.53 Å². The zero-order valence-corrected chi connectivity index (χ0v) is 16.9. The van der Waals surface area contributed by atoms with Crippen LogP contribution in [0.1, 0.15) is 71.1 Å². The number of rotatable bonds is 17. The molecule has 154 valence electrons. The monoisotopic (exact) mass is 378 g/mol. The lowest BCUT2D eigenvalue weighted by Gasteiger charge is -2.09. The van der Waals surface area contributed by atoms with Crippen molar-refractivity contribution in [3.63, 3.8) is 0 Å². The van der Waals surface area contributed by atoms with E-state index >= 15 is 0 Å². The minimum Gasteiger partial charge on any atom is -0.454 e. The number of aliphatic hydroxyl groups is 2. The van der Waals surface area contributed by atoms with E-state index in [0.717, 1.165) is 6.42 Å². The molecule has 0 saturated heterocycles. The molecule has 0 atom stereocenters. The fraction of sp³-hybridized carbons (Fsp3) is 0.609. The molecular weight excluding hydrogens is 340 g/mol. The summed E-state index contributed by atoms with van der Waals surface area (Å²) in [7, 11) is 0. The Kier molecular flexibility index (Phi) is 19.4. The predicted molar refractivity (Wildman–Crippen MR) is 112 cm³/mol. The van der Waals surface area contributed by atoms with Crippen LogP contribution in [-0.4, -0.2) is 35.5 Å². The summed E-state index contributed by atoms with van der Waals surface area (Å²) in [6.45, 7) is 1.48. The molecule has 0 spiro atoms. The van der Waals surface area contributed by atoms with E-state index in [2.05, 4.69) is 13.0 Å². The van der Waals surface area contributed by atoms with Crippen LogP contribution in [0.5, 0.6) is 0 Å². The molecule has 0 aliphatic carbocycles. The van der Waals surface area contributed by atoms with Gasteiger partial charge in [0.1, 0.15) is 6.10 Å². The van der Waals surface area contributed by atoms with Gasteiger partial charge in [0.25, 0.3) is 0 Å². The summed E-state index contributed by atoms with van der Waals surface area (Å²) < 4.78 is 4.79. The molecule has 0 bridgehead atoms. The first kappa shape index (κ1) is 25.4. The van der Waals surface area contributed by atoms with Crippen LogP contribution in [0.2, 0.25) is 0 Å². The molecule has 0 unspecified atom stereocenters. The summed E-state index contributed by atoms with van der Waals surface area (Å²) in [5.41, 5.74) is 0. The van der Waals surface area contributed by atoms with Gasteiger partial charge >= 0.3 is 5.97 Å². The Morgan fingerprint density at radius 2 is 1.30 bits per heavy atom. The van der Waals surface area contributed by atoms with Gasteiger partial charge in [-0.3, -0.25) is 0 Å². The van der Waals surface area contributed by atoms with Crippen LogP contribution < -0.4 is 0 Å². The Labute approximate surface area is 165 Å². The van der Waals surface area contributed by atoms with Gasteiger partial charge in [-0.2, -0.15) is 0 Å². The Balaban J connectivity index is 3.60. The summed E-state index contributed by atoms with van der Waals surface area (Å²) in [5, 5.41) is 17.6. The maximum absolute atomic E-state index is 11.3. The third kappa shape index (κ3) is 18.9. The van der Waals surface area contributed by atoms with E-state index < -0.39 is 12.1 Å². The zero-order chi connectivity index (χ0) is 20.0. The first-order valence-corrected chi connectivity index (χ1v) is 10.3. The Bertz CT molecular complexity index is 445. The quantitative estimate of drug-likeness (QED) is 0.161. The standard InChI is InChI=1S/C23H38O4/c1-2-3-4-5-6-7-8-9-10-11-12-13-14-15-16-17-18-19-23(26)27-22(20-24)21-25/h12-19,22,24-25H,2-11,20-21H2,1H3. The lowest BCUT2D eigenvalue weighted by atomic mass is 10.1. The molecule has 0 saturated carbocycles. The minimum absolute atomic E-state index is 0.389. The molecule has 0 aromatic heterocycles. The Morgan fingerprint density at radius 1 is 0.778 bits per heavy atom. The number of aliphatic hydroxyl groups excluding tert-OH is 2. The van der Waals surface area contributed by atoms with Crippen molar-refractivity contribution in [1.29, 1.82) is 0 Å². The van der Waals surface area contributed by atoms with Crippen molar-refractivity contribution in [2.75, 3.05) is 13.2 Å². The lowest BCUT2D eigenvalue weighted by Crippen LogP contribution is -2.24. The number of unbranched alkanes of at least 4 members (excludes halogenated alkanes) is 9. The number of ether oxygens (including phenoxy) is 1. The van der Waals surface area contributed by atoms with E-state index in [9.17, 15) is 4.79 Å². The van der Waals surface area contributed by atoms with E-state index in [0.29, 0.717) is 0 Å². The molecular formula is C23H38O4. The van der Waals surface area contributed by atoms with Crippen LogP contribution in [0.15, 0.2) is 48.6 Å². The number of allylic oxidation sites excluding steroid dienone is 7. The van der Waals surface area contributed by atoms with Crippen molar-refractivity contribution < 1.29 is 19.7 Å². The molecule has 0 aromatic rings. The van der Waals surface area contributed by atoms with Crippen molar-refractivity contribution in [2.24, 2.45) is 0 Å². The first-order valence-electron chi connectivity index (χ1n) is 10.3. The minimum atomic E-state index is -0.859. The highest BCUT2D eigenvalue weighted by Gasteiger charge is 2.08. The summed E-state index contributed by atoms with van der Waals surface area (Å²) >= 11 is 0. The lowest BCUT2D eigenvalue weighted by molar-refractivity contribution is -0.147. The van der Waals surface area contributed by atoms with Crippen LogP contribution in [0, 0.1) is 0 Å². The zero-order valence-electron chi connectivity index (χ0n) is 16.9. The van der Waals surface area contributed by atoms with E-state index in [4.69, 9.17) is 14.9 Å². The van der Waals surface area contributed by atoms with Gasteiger partial charge in [-0.15, -0.1) is 0 Å². The molecule has 0 rings (SSSR count). The van der Waals surface area contributed by atoms with Crippen molar-refractivity contribution in [2.45, 2.75) is 77.2 Å². The van der Waals surface area contributed by atoms with E-state index in [-0.39, 0.29) is 13.2 Å². The van der Waals surface area contributed by atoms with Gasteiger partial charge in [0.05, 0.1) is 13.2 Å². The number of hydrogen-bond acceptors (Lipinski definition) is 4. The second kappa shape index (κ2) is 20.7. The molecule has 0 heterocycles. The maximum Gasteiger partial charge on any atom is 0.331 e. The van der Waals surface area contributed by atoms with Crippen molar-refractivity contribution >= 4 is 5.97 Å². The molecule has 0 radical (unpaired) electrons. The van der Waals surface area contributed by atoms with E-state index in [1.807, 2.05) is 24.3 Å². The van der Waals surface area contributed by atoms with Gasteiger partial charge in [-0.05, 0) is 12.8 Å². The highest BCUT2D eigenvalue weighted by atomic mass is 16.6. The van der Waals surface area contributed by atoms with Gasteiger partial charge in [0.15, 0.2) is 0 Å². The van der Waals surface area contributed by atoms with Crippen LogP contribution in [0.25, 0.3) is 0 Å². The Hall–Kier alpha value is -1.65. The van der Waals surface area contributed by atoms with Crippen LogP contribution >= 0.6 is 0 Å². The van der Waals surface area contributed by atoms with Gasteiger partial charge in [-0.25, -0.2) is 4.79 Å². The number of carbonyl (C=O) groups excluding carboxylic acids is 1. The second-order valence-corrected chi connectivity index (χ2v) is 6.60. The fourth-order valence-electron chi connectivity index (χ4n) is 2.47. The molecule has 2 N–H and O–H groups in total. The summed E-state index contributed by atoms with van der Waals surface area (Å²) in [5.74, 6) is -0.586. The van der Waals surface area contributed by atoms with Gasteiger partial charge in [-0.1, -0.05) is 101 Å². The molecule has 0 aliphatic rings. The smallest absolute Gasteiger partial charge is 0.331 e.